The molecule has 1 fully saturated rings. The minimum Gasteiger partial charge on any atom is -0.506 e. The van der Waals surface area contributed by atoms with Crippen LogP contribution in [0.25, 0.3) is 0 Å². The summed E-state index contributed by atoms with van der Waals surface area (Å²) in [6, 6.07) is 4.14. The Bertz CT molecular complexity index is 834. The fraction of sp³-hybridized carbons (Fsp3) is 0.400. The van der Waals surface area contributed by atoms with Crippen molar-refractivity contribution in [2.45, 2.75) is 63.5 Å². The Hall–Kier alpha value is -2.99. The van der Waals surface area contributed by atoms with Crippen molar-refractivity contribution in [2.75, 3.05) is 0 Å². The Kier molecular flexibility index (Phi) is 10.4. The number of rotatable bonds is 9. The van der Waals surface area contributed by atoms with E-state index in [2.05, 4.69) is 23.4 Å². The molecular weight excluding hydrogens is 390 g/mol. The number of hydrogen-bond donors (Lipinski definition) is 2. The van der Waals surface area contributed by atoms with E-state index in [1.165, 1.54) is 25.3 Å². The maximum absolute atomic E-state index is 12.5. The highest BCUT2D eigenvalue weighted by atomic mass is 16.5. The molecule has 0 saturated heterocycles. The summed E-state index contributed by atoms with van der Waals surface area (Å²) in [6.07, 6.45) is 16.2. The molecular formula is C25H33N3O3. The van der Waals surface area contributed by atoms with Gasteiger partial charge in [0.05, 0.1) is 5.70 Å². The van der Waals surface area contributed by atoms with Crippen LogP contribution in [-0.2, 0) is 16.0 Å². The van der Waals surface area contributed by atoms with Crippen molar-refractivity contribution in [3.8, 4) is 5.75 Å². The van der Waals surface area contributed by atoms with Crippen LogP contribution < -0.4 is 5.73 Å². The first-order valence-corrected chi connectivity index (χ1v) is 10.8. The van der Waals surface area contributed by atoms with Crippen molar-refractivity contribution >= 4 is 11.7 Å². The number of aromatic hydroxyl groups is 1. The molecule has 1 aromatic rings. The van der Waals surface area contributed by atoms with Gasteiger partial charge in [-0.15, -0.1) is 5.11 Å². The molecule has 1 saturated carbocycles. The molecule has 2 rings (SSSR count). The third-order valence-electron chi connectivity index (χ3n) is 5.10. The minimum absolute atomic E-state index is 0.0103. The standard InChI is InChI=1S/C25H33N3O3/c1-3-5-12-20(11-4-2)27-28-23-18-19(15-16-24(23)29)17-22(26)25(30)31-21-13-9-7-6-8-10-14-21/h3-5,11-12,15-16,18,21-22,29H,1-2,6-10,13-14,17,26H2/b12-5-,20-11+,28-27+. The number of phenols is 1. The number of hydrogen-bond acceptors (Lipinski definition) is 6. The summed E-state index contributed by atoms with van der Waals surface area (Å²) in [4.78, 5) is 12.5. The zero-order valence-corrected chi connectivity index (χ0v) is 18.1. The van der Waals surface area contributed by atoms with Gasteiger partial charge in [0.25, 0.3) is 0 Å². The molecule has 3 N–H and O–H groups in total. The predicted molar refractivity (Wildman–Crippen MR) is 124 cm³/mol. The van der Waals surface area contributed by atoms with E-state index in [0.717, 1.165) is 31.2 Å². The van der Waals surface area contributed by atoms with Crippen LogP contribution in [0.15, 0.2) is 77.7 Å². The van der Waals surface area contributed by atoms with Crippen molar-refractivity contribution in [1.29, 1.82) is 0 Å². The Morgan fingerprint density at radius 1 is 1.19 bits per heavy atom. The molecule has 6 heteroatoms. The summed E-state index contributed by atoms with van der Waals surface area (Å²) in [5.74, 6) is -0.392. The minimum atomic E-state index is -0.772. The van der Waals surface area contributed by atoms with Crippen molar-refractivity contribution in [3.05, 3.63) is 73.0 Å². The molecule has 1 aliphatic rings. The summed E-state index contributed by atoms with van der Waals surface area (Å²) in [5, 5.41) is 18.4. The topological polar surface area (TPSA) is 97.3 Å². The summed E-state index contributed by atoms with van der Waals surface area (Å²) in [7, 11) is 0. The Labute approximate surface area is 184 Å². The van der Waals surface area contributed by atoms with Gasteiger partial charge in [0.2, 0.25) is 0 Å². The Balaban J connectivity index is 2.03. The second-order valence-corrected chi connectivity index (χ2v) is 7.66. The SMILES string of the molecule is C=C\C=C/C(=C\C=C)/N=N/c1cc(CC(N)C(=O)OC2CCCCCCC2)ccc1O. The van der Waals surface area contributed by atoms with E-state index in [-0.39, 0.29) is 17.8 Å². The number of azo groups is 1. The third-order valence-corrected chi connectivity index (χ3v) is 5.10. The van der Waals surface area contributed by atoms with Gasteiger partial charge < -0.3 is 15.6 Å². The van der Waals surface area contributed by atoms with E-state index in [1.807, 2.05) is 0 Å². The fourth-order valence-electron chi connectivity index (χ4n) is 3.42. The van der Waals surface area contributed by atoms with Crippen LogP contribution in [0.3, 0.4) is 0 Å². The number of benzene rings is 1. The van der Waals surface area contributed by atoms with Gasteiger partial charge >= 0.3 is 5.97 Å². The number of phenolic OH excluding ortho intramolecular Hbond substituents is 1. The first kappa shape index (κ1) is 24.3. The zero-order chi connectivity index (χ0) is 22.5. The first-order chi connectivity index (χ1) is 15.0. The van der Waals surface area contributed by atoms with Crippen LogP contribution in [0.2, 0.25) is 0 Å². The summed E-state index contributed by atoms with van der Waals surface area (Å²) in [5.41, 5.74) is 7.73. The molecule has 1 atom stereocenters. The molecule has 166 valence electrons. The van der Waals surface area contributed by atoms with Crippen LogP contribution in [0, 0.1) is 0 Å². The molecule has 0 amide bonds. The van der Waals surface area contributed by atoms with Crippen LogP contribution in [0.5, 0.6) is 5.75 Å². The molecule has 1 unspecified atom stereocenters. The normalized spacial score (nSPS) is 17.3. The van der Waals surface area contributed by atoms with E-state index in [4.69, 9.17) is 10.5 Å². The largest absolute Gasteiger partial charge is 0.506 e. The van der Waals surface area contributed by atoms with Crippen molar-refractivity contribution < 1.29 is 14.6 Å². The van der Waals surface area contributed by atoms with E-state index in [1.54, 1.807) is 42.5 Å². The number of allylic oxidation sites excluding steroid dienone is 5. The summed E-state index contributed by atoms with van der Waals surface area (Å²) >= 11 is 0. The lowest BCUT2D eigenvalue weighted by atomic mass is 9.98. The van der Waals surface area contributed by atoms with Gasteiger partial charge in [-0.2, -0.15) is 5.11 Å². The first-order valence-electron chi connectivity index (χ1n) is 10.8. The Morgan fingerprint density at radius 2 is 1.90 bits per heavy atom. The number of carbonyl (C=O) groups is 1. The second-order valence-electron chi connectivity index (χ2n) is 7.66. The van der Waals surface area contributed by atoms with Gasteiger partial charge in [0.1, 0.15) is 23.6 Å². The monoisotopic (exact) mass is 423 g/mol. The molecule has 1 aliphatic carbocycles. The predicted octanol–water partition coefficient (Wildman–Crippen LogP) is 5.81. The lowest BCUT2D eigenvalue weighted by Crippen LogP contribution is -2.37. The van der Waals surface area contributed by atoms with Gasteiger partial charge in [-0.3, -0.25) is 4.79 Å². The van der Waals surface area contributed by atoms with Gasteiger partial charge in [-0.1, -0.05) is 56.7 Å². The molecule has 0 radical (unpaired) electrons. The van der Waals surface area contributed by atoms with E-state index in [0.29, 0.717) is 17.8 Å². The average molecular weight is 424 g/mol. The van der Waals surface area contributed by atoms with Gasteiger partial charge in [0, 0.05) is 0 Å². The molecule has 0 aliphatic heterocycles. The number of esters is 1. The lowest BCUT2D eigenvalue weighted by Gasteiger charge is -2.22. The molecule has 6 nitrogen and oxygen atoms in total. The van der Waals surface area contributed by atoms with E-state index >= 15 is 0 Å². The maximum Gasteiger partial charge on any atom is 0.323 e. The quantitative estimate of drug-likeness (QED) is 0.297. The van der Waals surface area contributed by atoms with Gasteiger partial charge in [0.15, 0.2) is 0 Å². The number of ether oxygens (including phenoxy) is 1. The number of nitrogens with two attached hydrogens (primary N) is 1. The molecule has 0 heterocycles. The molecule has 0 aromatic heterocycles. The smallest absolute Gasteiger partial charge is 0.323 e. The zero-order valence-electron chi connectivity index (χ0n) is 18.1. The van der Waals surface area contributed by atoms with Crippen LogP contribution in [0.4, 0.5) is 5.69 Å². The van der Waals surface area contributed by atoms with Crippen molar-refractivity contribution in [2.24, 2.45) is 16.0 Å². The van der Waals surface area contributed by atoms with Gasteiger partial charge in [-0.25, -0.2) is 0 Å². The average Bonchev–Trinajstić information content (AvgIpc) is 2.73. The van der Waals surface area contributed by atoms with Crippen molar-refractivity contribution in [3.63, 3.8) is 0 Å². The van der Waals surface area contributed by atoms with E-state index < -0.39 is 6.04 Å². The highest BCUT2D eigenvalue weighted by Gasteiger charge is 2.21. The number of carbonyl (C=O) groups excluding carboxylic acids is 1. The molecule has 1 aromatic carbocycles. The summed E-state index contributed by atoms with van der Waals surface area (Å²) in [6.45, 7) is 7.27. The lowest BCUT2D eigenvalue weighted by molar-refractivity contribution is -0.151. The highest BCUT2D eigenvalue weighted by Crippen LogP contribution is 2.29. The fourth-order valence-corrected chi connectivity index (χ4v) is 3.42. The van der Waals surface area contributed by atoms with Crippen LogP contribution >= 0.6 is 0 Å². The van der Waals surface area contributed by atoms with Crippen LogP contribution in [-0.4, -0.2) is 23.2 Å². The Morgan fingerprint density at radius 3 is 2.58 bits per heavy atom. The van der Waals surface area contributed by atoms with Crippen LogP contribution in [0.1, 0.15) is 50.5 Å². The van der Waals surface area contributed by atoms with Crippen molar-refractivity contribution in [1.82, 2.24) is 0 Å². The second kappa shape index (κ2) is 13.3. The maximum atomic E-state index is 12.5. The third kappa shape index (κ3) is 8.72. The highest BCUT2D eigenvalue weighted by molar-refractivity contribution is 5.76. The van der Waals surface area contributed by atoms with E-state index in [9.17, 15) is 9.90 Å². The van der Waals surface area contributed by atoms with Gasteiger partial charge in [-0.05, 0) is 62.0 Å². The molecule has 31 heavy (non-hydrogen) atoms. The molecule has 0 bridgehead atoms. The summed E-state index contributed by atoms with van der Waals surface area (Å²) < 4.78 is 5.67. The molecule has 0 spiro atoms. The number of nitrogens with zero attached hydrogens (tertiary/aromatic N) is 2.